The van der Waals surface area contributed by atoms with Gasteiger partial charge in [0.2, 0.25) is 0 Å². The van der Waals surface area contributed by atoms with Gasteiger partial charge in [0.25, 0.3) is 5.91 Å². The van der Waals surface area contributed by atoms with Gasteiger partial charge in [-0.05, 0) is 30.2 Å². The Morgan fingerprint density at radius 3 is 2.64 bits per heavy atom. The first-order chi connectivity index (χ1) is 10.6. The van der Waals surface area contributed by atoms with E-state index in [2.05, 4.69) is 5.32 Å². The minimum Gasteiger partial charge on any atom is -0.422 e. The third-order valence-corrected chi connectivity index (χ3v) is 3.59. The highest BCUT2D eigenvalue weighted by atomic mass is 16.4. The summed E-state index contributed by atoms with van der Waals surface area (Å²) in [7, 11) is 0. The van der Waals surface area contributed by atoms with Gasteiger partial charge in [0.1, 0.15) is 11.1 Å². The Labute approximate surface area is 127 Å². The van der Waals surface area contributed by atoms with Crippen LogP contribution in [0.4, 0.5) is 0 Å². The molecule has 0 spiro atoms. The maximum Gasteiger partial charge on any atom is 0.349 e. The van der Waals surface area contributed by atoms with Crippen molar-refractivity contribution in [2.75, 3.05) is 0 Å². The van der Waals surface area contributed by atoms with Crippen molar-refractivity contribution in [2.24, 2.45) is 0 Å². The quantitative estimate of drug-likeness (QED) is 0.755. The lowest BCUT2D eigenvalue weighted by atomic mass is 10.1. The summed E-state index contributed by atoms with van der Waals surface area (Å²) in [5.41, 5.74) is 1.98. The van der Waals surface area contributed by atoms with Crippen LogP contribution in [-0.4, -0.2) is 5.91 Å². The van der Waals surface area contributed by atoms with Crippen LogP contribution in [0.1, 0.15) is 21.5 Å². The summed E-state index contributed by atoms with van der Waals surface area (Å²) in [6, 6.07) is 16.5. The van der Waals surface area contributed by atoms with Crippen LogP contribution in [0.15, 0.2) is 63.8 Å². The minimum absolute atomic E-state index is 0.0206. The van der Waals surface area contributed by atoms with Gasteiger partial charge >= 0.3 is 5.63 Å². The Balaban J connectivity index is 1.85. The van der Waals surface area contributed by atoms with Gasteiger partial charge in [0, 0.05) is 11.9 Å². The molecule has 22 heavy (non-hydrogen) atoms. The molecule has 110 valence electrons. The summed E-state index contributed by atoms with van der Waals surface area (Å²) in [6.07, 6.45) is 0. The smallest absolute Gasteiger partial charge is 0.349 e. The topological polar surface area (TPSA) is 59.3 Å². The number of carbonyl (C=O) groups excluding carboxylic acids is 1. The van der Waals surface area contributed by atoms with E-state index in [4.69, 9.17) is 4.42 Å². The zero-order chi connectivity index (χ0) is 15.5. The summed E-state index contributed by atoms with van der Waals surface area (Å²) < 4.78 is 5.17. The summed E-state index contributed by atoms with van der Waals surface area (Å²) in [6.45, 7) is 2.35. The second kappa shape index (κ2) is 5.85. The van der Waals surface area contributed by atoms with Gasteiger partial charge in [-0.2, -0.15) is 0 Å². The molecule has 4 heteroatoms. The highest BCUT2D eigenvalue weighted by Gasteiger charge is 2.13. The van der Waals surface area contributed by atoms with E-state index in [-0.39, 0.29) is 5.56 Å². The molecular formula is C18H15NO3. The Bertz CT molecular complexity index is 896. The lowest BCUT2D eigenvalue weighted by Crippen LogP contribution is -2.28. The molecule has 0 saturated heterocycles. The van der Waals surface area contributed by atoms with Crippen molar-refractivity contribution >= 4 is 16.9 Å². The van der Waals surface area contributed by atoms with Gasteiger partial charge < -0.3 is 9.73 Å². The molecule has 0 aliphatic carbocycles. The van der Waals surface area contributed by atoms with E-state index >= 15 is 0 Å². The van der Waals surface area contributed by atoms with Gasteiger partial charge in [-0.15, -0.1) is 0 Å². The van der Waals surface area contributed by atoms with Crippen LogP contribution < -0.4 is 10.9 Å². The van der Waals surface area contributed by atoms with Crippen LogP contribution >= 0.6 is 0 Å². The molecular weight excluding hydrogens is 278 g/mol. The average molecular weight is 293 g/mol. The number of para-hydroxylation sites is 1. The van der Waals surface area contributed by atoms with Crippen molar-refractivity contribution in [2.45, 2.75) is 13.5 Å². The molecule has 1 heterocycles. The zero-order valence-electron chi connectivity index (χ0n) is 12.1. The number of nitrogens with one attached hydrogen (secondary N) is 1. The summed E-state index contributed by atoms with van der Waals surface area (Å²) in [4.78, 5) is 24.1. The van der Waals surface area contributed by atoms with Crippen molar-refractivity contribution in [3.8, 4) is 0 Å². The monoisotopic (exact) mass is 293 g/mol. The third kappa shape index (κ3) is 2.76. The zero-order valence-corrected chi connectivity index (χ0v) is 12.1. The molecule has 1 aromatic heterocycles. The van der Waals surface area contributed by atoms with Crippen LogP contribution in [0.3, 0.4) is 0 Å². The largest absolute Gasteiger partial charge is 0.422 e. The number of carbonyl (C=O) groups is 1. The second-order valence-electron chi connectivity index (χ2n) is 5.09. The molecule has 1 amide bonds. The van der Waals surface area contributed by atoms with Crippen LogP contribution in [0, 0.1) is 6.92 Å². The first kappa shape index (κ1) is 14.1. The number of amides is 1. The first-order valence-electron chi connectivity index (χ1n) is 7.01. The molecule has 4 nitrogen and oxygen atoms in total. The van der Waals surface area contributed by atoms with Gasteiger partial charge in [0.05, 0.1) is 0 Å². The molecule has 0 bridgehead atoms. The van der Waals surface area contributed by atoms with Crippen LogP contribution in [-0.2, 0) is 6.54 Å². The van der Waals surface area contributed by atoms with E-state index in [1.807, 2.05) is 37.3 Å². The fraction of sp³-hybridized carbons (Fsp3) is 0.111. The number of benzene rings is 2. The summed E-state index contributed by atoms with van der Waals surface area (Å²) >= 11 is 0. The lowest BCUT2D eigenvalue weighted by Gasteiger charge is -2.07. The Hall–Kier alpha value is -2.88. The molecule has 0 saturated carbocycles. The van der Waals surface area contributed by atoms with Crippen molar-refractivity contribution < 1.29 is 9.21 Å². The van der Waals surface area contributed by atoms with E-state index in [1.165, 1.54) is 0 Å². The number of aryl methyl sites for hydroxylation is 1. The molecule has 2 aromatic carbocycles. The Morgan fingerprint density at radius 1 is 1.09 bits per heavy atom. The highest BCUT2D eigenvalue weighted by Crippen LogP contribution is 2.13. The number of hydrogen-bond donors (Lipinski definition) is 1. The standard InChI is InChI=1S/C18H15NO3/c1-12-6-2-3-8-14(12)11-19-17(20)15-10-13-7-4-5-9-16(13)22-18(15)21/h2-10H,11H2,1H3,(H,19,20). The number of hydrogen-bond acceptors (Lipinski definition) is 3. The van der Waals surface area contributed by atoms with Crippen molar-refractivity contribution in [1.29, 1.82) is 0 Å². The van der Waals surface area contributed by atoms with E-state index < -0.39 is 11.5 Å². The Kier molecular flexibility index (Phi) is 3.74. The fourth-order valence-corrected chi connectivity index (χ4v) is 2.30. The predicted molar refractivity (Wildman–Crippen MR) is 84.8 cm³/mol. The normalized spacial score (nSPS) is 10.6. The van der Waals surface area contributed by atoms with Crippen LogP contribution in [0.5, 0.6) is 0 Å². The fourth-order valence-electron chi connectivity index (χ4n) is 2.30. The van der Waals surface area contributed by atoms with Crippen molar-refractivity contribution in [1.82, 2.24) is 5.32 Å². The van der Waals surface area contributed by atoms with Crippen molar-refractivity contribution in [3.05, 3.63) is 81.7 Å². The molecule has 0 fully saturated rings. The van der Waals surface area contributed by atoms with Crippen LogP contribution in [0.25, 0.3) is 11.0 Å². The molecule has 0 radical (unpaired) electrons. The maximum absolute atomic E-state index is 12.2. The summed E-state index contributed by atoms with van der Waals surface area (Å²) in [5, 5.41) is 3.49. The molecule has 0 unspecified atom stereocenters. The average Bonchev–Trinajstić information content (AvgIpc) is 2.53. The third-order valence-electron chi connectivity index (χ3n) is 3.59. The molecule has 3 rings (SSSR count). The first-order valence-corrected chi connectivity index (χ1v) is 7.01. The van der Waals surface area contributed by atoms with Gasteiger partial charge in [0.15, 0.2) is 0 Å². The highest BCUT2D eigenvalue weighted by molar-refractivity contribution is 5.96. The van der Waals surface area contributed by atoms with E-state index in [0.717, 1.165) is 16.5 Å². The van der Waals surface area contributed by atoms with Crippen LogP contribution in [0.2, 0.25) is 0 Å². The molecule has 0 aliphatic rings. The minimum atomic E-state index is -0.624. The number of rotatable bonds is 3. The van der Waals surface area contributed by atoms with E-state index in [0.29, 0.717) is 12.1 Å². The summed E-state index contributed by atoms with van der Waals surface area (Å²) in [5.74, 6) is -0.428. The predicted octanol–water partition coefficient (Wildman–Crippen LogP) is 3.03. The Morgan fingerprint density at radius 2 is 1.82 bits per heavy atom. The second-order valence-corrected chi connectivity index (χ2v) is 5.09. The van der Waals surface area contributed by atoms with Gasteiger partial charge in [-0.3, -0.25) is 4.79 Å². The van der Waals surface area contributed by atoms with Crippen molar-refractivity contribution in [3.63, 3.8) is 0 Å². The molecule has 0 atom stereocenters. The maximum atomic E-state index is 12.2. The molecule has 0 aliphatic heterocycles. The van der Waals surface area contributed by atoms with Gasteiger partial charge in [-0.1, -0.05) is 42.5 Å². The lowest BCUT2D eigenvalue weighted by molar-refractivity contribution is 0.0947. The van der Waals surface area contributed by atoms with Gasteiger partial charge in [-0.25, -0.2) is 4.79 Å². The number of fused-ring (bicyclic) bond motifs is 1. The molecule has 1 N–H and O–H groups in total. The SMILES string of the molecule is Cc1ccccc1CNC(=O)c1cc2ccccc2oc1=O. The molecule has 3 aromatic rings. The van der Waals surface area contributed by atoms with E-state index in [9.17, 15) is 9.59 Å². The van der Waals surface area contributed by atoms with E-state index in [1.54, 1.807) is 24.3 Å².